The highest BCUT2D eigenvalue weighted by Gasteiger charge is 2.25. The molecule has 0 aliphatic carbocycles. The largest absolute Gasteiger partial charge is 0.490 e. The third kappa shape index (κ3) is 5.04. The van der Waals surface area contributed by atoms with E-state index >= 15 is 0 Å². The quantitative estimate of drug-likeness (QED) is 0.648. The molecule has 2 aromatic carbocycles. The molecule has 0 spiro atoms. The van der Waals surface area contributed by atoms with Gasteiger partial charge in [-0.1, -0.05) is 30.3 Å². The van der Waals surface area contributed by atoms with Crippen LogP contribution in [0.2, 0.25) is 0 Å². The predicted octanol–water partition coefficient (Wildman–Crippen LogP) is 3.71. The molecule has 2 amide bonds. The first-order valence-electron chi connectivity index (χ1n) is 9.49. The molecule has 1 saturated heterocycles. The summed E-state index contributed by atoms with van der Waals surface area (Å²) in [6.07, 6.45) is 1.71. The van der Waals surface area contributed by atoms with Gasteiger partial charge in [-0.05, 0) is 59.7 Å². The lowest BCUT2D eigenvalue weighted by Crippen LogP contribution is -2.46. The van der Waals surface area contributed by atoms with Crippen LogP contribution in [0.4, 0.5) is 0 Å². The lowest BCUT2D eigenvalue weighted by Gasteiger charge is -2.33. The smallest absolute Gasteiger partial charge is 0.252 e. The van der Waals surface area contributed by atoms with Gasteiger partial charge < -0.3 is 15.0 Å². The van der Waals surface area contributed by atoms with Crippen LogP contribution in [0.1, 0.15) is 34.3 Å². The Hall–Kier alpha value is -2.09. The molecule has 28 heavy (non-hydrogen) atoms. The first-order chi connectivity index (χ1) is 13.5. The number of nitrogens with zero attached hydrogens (tertiary/aromatic N) is 1. The molecule has 5 nitrogen and oxygen atoms in total. The van der Waals surface area contributed by atoms with Crippen molar-refractivity contribution in [1.82, 2.24) is 10.2 Å². The highest BCUT2D eigenvalue weighted by molar-refractivity contribution is 14.1. The van der Waals surface area contributed by atoms with Gasteiger partial charge in [-0.15, -0.1) is 0 Å². The van der Waals surface area contributed by atoms with Crippen LogP contribution in [0.25, 0.3) is 0 Å². The Balaban J connectivity index is 1.47. The van der Waals surface area contributed by atoms with Crippen LogP contribution in [0.15, 0.2) is 42.5 Å². The van der Waals surface area contributed by atoms with E-state index in [4.69, 9.17) is 4.74 Å². The van der Waals surface area contributed by atoms with E-state index in [-0.39, 0.29) is 24.5 Å². The topological polar surface area (TPSA) is 58.6 Å². The van der Waals surface area contributed by atoms with Crippen molar-refractivity contribution in [2.24, 2.45) is 0 Å². The van der Waals surface area contributed by atoms with Crippen LogP contribution in [-0.2, 0) is 4.79 Å². The second-order valence-electron chi connectivity index (χ2n) is 7.08. The summed E-state index contributed by atoms with van der Waals surface area (Å²) < 4.78 is 7.08. The molecule has 1 aliphatic heterocycles. The van der Waals surface area contributed by atoms with Crippen molar-refractivity contribution in [2.45, 2.75) is 32.8 Å². The number of carbonyl (C=O) groups excluding carboxylic acids is 2. The summed E-state index contributed by atoms with van der Waals surface area (Å²) in [5, 5.41) is 2.74. The summed E-state index contributed by atoms with van der Waals surface area (Å²) >= 11 is 2.12. The van der Waals surface area contributed by atoms with E-state index in [1.807, 2.05) is 24.3 Å². The third-order valence-corrected chi connectivity index (χ3v) is 5.95. The highest BCUT2D eigenvalue weighted by Crippen LogP contribution is 2.26. The summed E-state index contributed by atoms with van der Waals surface area (Å²) in [5.74, 6) is 0.688. The molecular formula is C22H25IN2O3. The first kappa shape index (κ1) is 20.6. The predicted molar refractivity (Wildman–Crippen MR) is 118 cm³/mol. The molecule has 0 unspecified atom stereocenters. The number of hydrogen-bond donors (Lipinski definition) is 1. The van der Waals surface area contributed by atoms with Gasteiger partial charge in [0.15, 0.2) is 0 Å². The van der Waals surface area contributed by atoms with E-state index in [0.717, 1.165) is 33.3 Å². The van der Waals surface area contributed by atoms with E-state index in [1.165, 1.54) is 0 Å². The first-order valence-corrected chi connectivity index (χ1v) is 10.6. The Morgan fingerprint density at radius 2 is 1.71 bits per heavy atom. The number of piperidine rings is 1. The van der Waals surface area contributed by atoms with Gasteiger partial charge >= 0.3 is 0 Å². The van der Waals surface area contributed by atoms with Gasteiger partial charge in [0.05, 0.1) is 12.1 Å². The Morgan fingerprint density at radius 3 is 2.36 bits per heavy atom. The number of ether oxygens (including phenoxy) is 1. The fourth-order valence-corrected chi connectivity index (χ4v) is 4.02. The Labute approximate surface area is 179 Å². The van der Waals surface area contributed by atoms with Crippen molar-refractivity contribution in [2.75, 3.05) is 19.6 Å². The molecule has 0 atom stereocenters. The SMILES string of the molecule is Cc1cccc(C)c1OC1CCN(C(=O)CNC(=O)c2ccccc2I)CC1. The highest BCUT2D eigenvalue weighted by atomic mass is 127. The third-order valence-electron chi connectivity index (χ3n) is 5.01. The average molecular weight is 492 g/mol. The fourth-order valence-electron chi connectivity index (χ4n) is 3.38. The minimum Gasteiger partial charge on any atom is -0.490 e. The average Bonchev–Trinajstić information content (AvgIpc) is 2.69. The van der Waals surface area contributed by atoms with Crippen molar-refractivity contribution in [3.63, 3.8) is 0 Å². The molecule has 6 heteroatoms. The molecule has 0 bridgehead atoms. The van der Waals surface area contributed by atoms with Gasteiger partial charge in [0.1, 0.15) is 11.9 Å². The van der Waals surface area contributed by atoms with Gasteiger partial charge in [-0.2, -0.15) is 0 Å². The molecule has 0 saturated carbocycles. The summed E-state index contributed by atoms with van der Waals surface area (Å²) in [6.45, 7) is 5.42. The molecule has 148 valence electrons. The lowest BCUT2D eigenvalue weighted by molar-refractivity contribution is -0.131. The zero-order valence-corrected chi connectivity index (χ0v) is 18.4. The normalized spacial score (nSPS) is 14.6. The minimum absolute atomic E-state index is 0.0201. The zero-order chi connectivity index (χ0) is 20.1. The van der Waals surface area contributed by atoms with Gasteiger partial charge in [-0.3, -0.25) is 9.59 Å². The Bertz CT molecular complexity index is 840. The van der Waals surface area contributed by atoms with Crippen molar-refractivity contribution in [3.8, 4) is 5.75 Å². The van der Waals surface area contributed by atoms with Crippen molar-refractivity contribution in [3.05, 3.63) is 62.7 Å². The number of likely N-dealkylation sites (tertiary alicyclic amines) is 1. The molecule has 0 aromatic heterocycles. The van der Waals surface area contributed by atoms with Crippen LogP contribution in [0.5, 0.6) is 5.75 Å². The second kappa shape index (κ2) is 9.41. The standard InChI is InChI=1S/C22H25IN2O3/c1-15-6-5-7-16(2)21(15)28-17-10-12-25(13-11-17)20(26)14-24-22(27)18-8-3-4-9-19(18)23/h3-9,17H,10-14H2,1-2H3,(H,24,27). The number of carbonyl (C=O) groups is 2. The van der Waals surface area contributed by atoms with Crippen LogP contribution in [0, 0.1) is 17.4 Å². The van der Waals surface area contributed by atoms with Crippen molar-refractivity contribution in [1.29, 1.82) is 0 Å². The molecule has 3 rings (SSSR count). The molecule has 1 aliphatic rings. The molecule has 1 fully saturated rings. The number of para-hydroxylation sites is 1. The van der Waals surface area contributed by atoms with E-state index in [0.29, 0.717) is 18.7 Å². The number of nitrogens with one attached hydrogen (secondary N) is 1. The van der Waals surface area contributed by atoms with Gasteiger partial charge in [0, 0.05) is 29.5 Å². The lowest BCUT2D eigenvalue weighted by atomic mass is 10.1. The summed E-state index contributed by atoms with van der Waals surface area (Å²) in [5.41, 5.74) is 2.87. The maximum absolute atomic E-state index is 12.5. The number of rotatable bonds is 5. The summed E-state index contributed by atoms with van der Waals surface area (Å²) in [6, 6.07) is 13.5. The number of hydrogen-bond acceptors (Lipinski definition) is 3. The molecular weight excluding hydrogens is 467 g/mol. The van der Waals surface area contributed by atoms with Gasteiger partial charge in [0.25, 0.3) is 5.91 Å². The maximum Gasteiger partial charge on any atom is 0.252 e. The van der Waals surface area contributed by atoms with E-state index in [2.05, 4.69) is 53.9 Å². The fraction of sp³-hybridized carbons (Fsp3) is 0.364. The Morgan fingerprint density at radius 1 is 1.07 bits per heavy atom. The summed E-state index contributed by atoms with van der Waals surface area (Å²) in [7, 11) is 0. The van der Waals surface area contributed by atoms with E-state index in [9.17, 15) is 9.59 Å². The minimum atomic E-state index is -0.216. The number of aryl methyl sites for hydroxylation is 2. The molecule has 0 radical (unpaired) electrons. The number of benzene rings is 2. The number of amides is 2. The van der Waals surface area contributed by atoms with Crippen LogP contribution < -0.4 is 10.1 Å². The zero-order valence-electron chi connectivity index (χ0n) is 16.2. The van der Waals surface area contributed by atoms with Crippen molar-refractivity contribution >= 4 is 34.4 Å². The van der Waals surface area contributed by atoms with Gasteiger partial charge in [-0.25, -0.2) is 0 Å². The van der Waals surface area contributed by atoms with E-state index in [1.54, 1.807) is 11.0 Å². The monoisotopic (exact) mass is 492 g/mol. The molecule has 2 aromatic rings. The maximum atomic E-state index is 12.5. The number of halogens is 1. The van der Waals surface area contributed by atoms with Crippen LogP contribution in [0.3, 0.4) is 0 Å². The van der Waals surface area contributed by atoms with Gasteiger partial charge in [0.2, 0.25) is 5.91 Å². The Kier molecular flexibility index (Phi) is 6.93. The van der Waals surface area contributed by atoms with Crippen LogP contribution >= 0.6 is 22.6 Å². The summed E-state index contributed by atoms with van der Waals surface area (Å²) in [4.78, 5) is 26.5. The van der Waals surface area contributed by atoms with E-state index < -0.39 is 0 Å². The molecule has 1 N–H and O–H groups in total. The van der Waals surface area contributed by atoms with Crippen LogP contribution in [-0.4, -0.2) is 42.5 Å². The molecule has 1 heterocycles. The second-order valence-corrected chi connectivity index (χ2v) is 8.24. The van der Waals surface area contributed by atoms with Crippen molar-refractivity contribution < 1.29 is 14.3 Å².